The van der Waals surface area contributed by atoms with Crippen LogP contribution in [0.25, 0.3) is 0 Å². The van der Waals surface area contributed by atoms with Crippen molar-refractivity contribution in [2.45, 2.75) is 37.2 Å². The van der Waals surface area contributed by atoms with E-state index in [1.807, 2.05) is 11.8 Å². The van der Waals surface area contributed by atoms with Gasteiger partial charge in [0, 0.05) is 11.2 Å². The molecule has 0 unspecified atom stereocenters. The van der Waals surface area contributed by atoms with E-state index >= 15 is 0 Å². The Hall–Kier alpha value is 0.270. The van der Waals surface area contributed by atoms with E-state index < -0.39 is 0 Å². The van der Waals surface area contributed by atoms with Gasteiger partial charge in [-0.3, -0.25) is 0 Å². The molecule has 2 spiro atoms. The van der Waals surface area contributed by atoms with Gasteiger partial charge in [-0.1, -0.05) is 31.0 Å². The summed E-state index contributed by atoms with van der Waals surface area (Å²) >= 11 is 1.83. The van der Waals surface area contributed by atoms with Crippen LogP contribution in [0.5, 0.6) is 0 Å². The van der Waals surface area contributed by atoms with E-state index in [1.165, 1.54) is 37.9 Å². The minimum atomic E-state index is -0.145. The fourth-order valence-electron chi connectivity index (χ4n) is 2.34. The summed E-state index contributed by atoms with van der Waals surface area (Å²) in [6, 6.07) is 0. The maximum Gasteiger partial charge on any atom is 0.286 e. The SMILES string of the molecule is C1CCC2(CC1)CSC21OO1. The molecule has 0 aromatic rings. The number of rotatable bonds is 0. The van der Waals surface area contributed by atoms with Crippen LogP contribution >= 0.6 is 11.8 Å². The van der Waals surface area contributed by atoms with E-state index in [0.29, 0.717) is 5.41 Å². The molecule has 62 valence electrons. The molecule has 2 nitrogen and oxygen atoms in total. The molecule has 3 aliphatic rings. The molecule has 0 aromatic heterocycles. The molecule has 2 aliphatic heterocycles. The molecular formula is C8H12O2S. The smallest absolute Gasteiger partial charge is 0.182 e. The first kappa shape index (κ1) is 6.75. The van der Waals surface area contributed by atoms with Crippen LogP contribution in [-0.2, 0) is 9.78 Å². The van der Waals surface area contributed by atoms with Crippen molar-refractivity contribution < 1.29 is 9.78 Å². The Balaban J connectivity index is 1.82. The lowest BCUT2D eigenvalue weighted by Gasteiger charge is -2.46. The van der Waals surface area contributed by atoms with Crippen molar-refractivity contribution in [3.8, 4) is 0 Å². The second-order valence-corrected chi connectivity index (χ2v) is 4.97. The first-order chi connectivity index (χ1) is 5.37. The third-order valence-corrected chi connectivity index (χ3v) is 4.88. The maximum absolute atomic E-state index is 5.09. The number of fused-ring (bicyclic) bond motifs is 1. The fraction of sp³-hybridized carbons (Fsp3) is 1.00. The summed E-state index contributed by atoms with van der Waals surface area (Å²) in [6.45, 7) is 0. The molecule has 0 radical (unpaired) electrons. The Morgan fingerprint density at radius 1 is 1.00 bits per heavy atom. The lowest BCUT2D eigenvalue weighted by Crippen LogP contribution is -2.48. The molecule has 0 N–H and O–H groups in total. The van der Waals surface area contributed by atoms with Gasteiger partial charge >= 0.3 is 0 Å². The van der Waals surface area contributed by atoms with E-state index in [0.717, 1.165) is 0 Å². The van der Waals surface area contributed by atoms with Gasteiger partial charge in [0.2, 0.25) is 0 Å². The highest BCUT2D eigenvalue weighted by atomic mass is 32.2. The van der Waals surface area contributed by atoms with Gasteiger partial charge in [0.05, 0.1) is 0 Å². The fourth-order valence-corrected chi connectivity index (χ4v) is 3.75. The van der Waals surface area contributed by atoms with Crippen molar-refractivity contribution >= 4 is 11.8 Å². The topological polar surface area (TPSA) is 25.1 Å². The van der Waals surface area contributed by atoms with Gasteiger partial charge in [0.25, 0.3) is 5.12 Å². The predicted octanol–water partition coefficient (Wildman–Crippen LogP) is 2.30. The third-order valence-electron chi connectivity index (χ3n) is 3.23. The van der Waals surface area contributed by atoms with Crippen LogP contribution in [0, 0.1) is 5.41 Å². The lowest BCUT2D eigenvalue weighted by molar-refractivity contribution is 0.0850. The Kier molecular flexibility index (Phi) is 1.20. The van der Waals surface area contributed by atoms with Gasteiger partial charge in [-0.05, 0) is 12.8 Å². The van der Waals surface area contributed by atoms with Crippen LogP contribution in [-0.4, -0.2) is 10.9 Å². The molecule has 2 heterocycles. The first-order valence-electron chi connectivity index (χ1n) is 4.38. The number of hydrogen-bond acceptors (Lipinski definition) is 3. The number of thioether (sulfide) groups is 1. The highest BCUT2D eigenvalue weighted by Gasteiger charge is 2.72. The Bertz CT molecular complexity index is 183. The first-order valence-corrected chi connectivity index (χ1v) is 5.36. The van der Waals surface area contributed by atoms with E-state index in [9.17, 15) is 0 Å². The summed E-state index contributed by atoms with van der Waals surface area (Å²) in [5.74, 6) is 1.26. The molecule has 0 bridgehead atoms. The summed E-state index contributed by atoms with van der Waals surface area (Å²) in [7, 11) is 0. The molecular weight excluding hydrogens is 160 g/mol. The molecule has 3 fully saturated rings. The average molecular weight is 172 g/mol. The van der Waals surface area contributed by atoms with Gasteiger partial charge in [0.1, 0.15) is 0 Å². The van der Waals surface area contributed by atoms with Crippen LogP contribution < -0.4 is 0 Å². The van der Waals surface area contributed by atoms with E-state index in [-0.39, 0.29) is 5.12 Å². The largest absolute Gasteiger partial charge is 0.286 e. The van der Waals surface area contributed by atoms with Crippen molar-refractivity contribution in [1.82, 2.24) is 0 Å². The van der Waals surface area contributed by atoms with Crippen molar-refractivity contribution in [2.24, 2.45) is 5.41 Å². The molecule has 0 aromatic carbocycles. The lowest BCUT2D eigenvalue weighted by atomic mass is 9.74. The molecule has 2 saturated heterocycles. The monoisotopic (exact) mass is 172 g/mol. The average Bonchev–Trinajstić information content (AvgIpc) is 2.85. The minimum absolute atomic E-state index is 0.145. The van der Waals surface area contributed by atoms with Crippen molar-refractivity contribution in [1.29, 1.82) is 0 Å². The molecule has 1 saturated carbocycles. The molecule has 3 heteroatoms. The minimum Gasteiger partial charge on any atom is -0.182 e. The zero-order valence-corrected chi connectivity index (χ0v) is 7.28. The van der Waals surface area contributed by atoms with E-state index in [1.54, 1.807) is 0 Å². The van der Waals surface area contributed by atoms with Crippen molar-refractivity contribution in [3.63, 3.8) is 0 Å². The Labute approximate surface area is 70.6 Å². The van der Waals surface area contributed by atoms with Crippen LogP contribution in [0.3, 0.4) is 0 Å². The van der Waals surface area contributed by atoms with Gasteiger partial charge < -0.3 is 0 Å². The molecule has 0 amide bonds. The van der Waals surface area contributed by atoms with Crippen molar-refractivity contribution in [3.05, 3.63) is 0 Å². The second-order valence-electron chi connectivity index (χ2n) is 3.85. The summed E-state index contributed by atoms with van der Waals surface area (Å²) < 4.78 is 0. The third kappa shape index (κ3) is 0.718. The zero-order chi connectivity index (χ0) is 7.36. The molecule has 1 aliphatic carbocycles. The highest BCUT2D eigenvalue weighted by Crippen LogP contribution is 2.69. The van der Waals surface area contributed by atoms with Crippen LogP contribution in [0.1, 0.15) is 32.1 Å². The normalized spacial score (nSPS) is 37.1. The zero-order valence-electron chi connectivity index (χ0n) is 6.47. The Morgan fingerprint density at radius 3 is 2.18 bits per heavy atom. The van der Waals surface area contributed by atoms with E-state index in [4.69, 9.17) is 9.78 Å². The summed E-state index contributed by atoms with van der Waals surface area (Å²) in [5.41, 5.74) is 0.427. The van der Waals surface area contributed by atoms with Crippen LogP contribution in [0.15, 0.2) is 0 Å². The maximum atomic E-state index is 5.09. The summed E-state index contributed by atoms with van der Waals surface area (Å²) in [6.07, 6.45) is 6.78. The Morgan fingerprint density at radius 2 is 1.73 bits per heavy atom. The molecule has 11 heavy (non-hydrogen) atoms. The van der Waals surface area contributed by atoms with Gasteiger partial charge in [-0.15, -0.1) is 0 Å². The van der Waals surface area contributed by atoms with Gasteiger partial charge in [-0.25, -0.2) is 0 Å². The highest BCUT2D eigenvalue weighted by molar-refractivity contribution is 8.02. The number of hydrogen-bond donors (Lipinski definition) is 0. The van der Waals surface area contributed by atoms with Crippen LogP contribution in [0.4, 0.5) is 0 Å². The predicted molar refractivity (Wildman–Crippen MR) is 42.9 cm³/mol. The van der Waals surface area contributed by atoms with E-state index in [2.05, 4.69) is 0 Å². The van der Waals surface area contributed by atoms with Gasteiger partial charge in [0.15, 0.2) is 0 Å². The summed E-state index contributed by atoms with van der Waals surface area (Å²) in [4.78, 5) is 10.2. The summed E-state index contributed by atoms with van der Waals surface area (Å²) in [5, 5.41) is -0.145. The molecule has 3 rings (SSSR count). The standard InChI is InChI=1S/C8H12O2S/c1-2-4-7(5-3-1)6-11-8(7)9-10-8/h1-6H2. The van der Waals surface area contributed by atoms with Crippen LogP contribution in [0.2, 0.25) is 0 Å². The quantitative estimate of drug-likeness (QED) is 0.414. The molecule has 0 atom stereocenters. The van der Waals surface area contributed by atoms with Crippen molar-refractivity contribution in [2.75, 3.05) is 5.75 Å². The van der Waals surface area contributed by atoms with Gasteiger partial charge in [-0.2, -0.15) is 9.78 Å². The second kappa shape index (κ2) is 1.95.